The molecule has 0 heterocycles. The molecule has 4 N–H and O–H groups in total. The second kappa shape index (κ2) is 12.1. The minimum absolute atomic E-state index is 0.0996. The third-order valence-corrected chi connectivity index (χ3v) is 6.40. The summed E-state index contributed by atoms with van der Waals surface area (Å²) in [5, 5.41) is 16.3. The Morgan fingerprint density at radius 1 is 0.816 bits per heavy atom. The first-order valence-corrected chi connectivity index (χ1v) is 12.3. The number of amides is 3. The number of carbonyl (C=O) groups excluding carboxylic acids is 3. The molecule has 0 saturated carbocycles. The zero-order chi connectivity index (χ0) is 27.1. The molecule has 4 rings (SSSR count). The second-order valence-electron chi connectivity index (χ2n) is 9.05. The molecular weight excluding hydrogens is 486 g/mol. The van der Waals surface area contributed by atoms with Crippen molar-refractivity contribution >= 4 is 23.9 Å². The maximum absolute atomic E-state index is 12.8. The number of rotatable bonds is 10. The van der Waals surface area contributed by atoms with Crippen LogP contribution in [-0.2, 0) is 25.5 Å². The molecule has 9 nitrogen and oxygen atoms in total. The summed E-state index contributed by atoms with van der Waals surface area (Å²) in [6.07, 6.45) is -0.611. The van der Waals surface area contributed by atoms with E-state index in [1.807, 2.05) is 54.6 Å². The fraction of sp³-hybridized carbons (Fsp3) is 0.241. The van der Waals surface area contributed by atoms with E-state index in [1.54, 1.807) is 24.3 Å². The van der Waals surface area contributed by atoms with E-state index in [2.05, 4.69) is 16.0 Å². The molecule has 0 saturated heterocycles. The fourth-order valence-corrected chi connectivity index (χ4v) is 4.52. The van der Waals surface area contributed by atoms with Crippen LogP contribution in [0.5, 0.6) is 0 Å². The topological polar surface area (TPSA) is 134 Å². The van der Waals surface area contributed by atoms with Gasteiger partial charge in [-0.05, 0) is 34.7 Å². The lowest BCUT2D eigenvalue weighted by Gasteiger charge is -2.21. The van der Waals surface area contributed by atoms with Crippen LogP contribution in [0.25, 0.3) is 11.1 Å². The van der Waals surface area contributed by atoms with E-state index in [-0.39, 0.29) is 18.9 Å². The van der Waals surface area contributed by atoms with Crippen molar-refractivity contribution < 1.29 is 29.0 Å². The summed E-state index contributed by atoms with van der Waals surface area (Å²) in [6.45, 7) is 1.00. The Morgan fingerprint density at radius 3 is 2.00 bits per heavy atom. The molecule has 0 aromatic heterocycles. The van der Waals surface area contributed by atoms with Crippen LogP contribution in [-0.4, -0.2) is 54.2 Å². The number of alkyl carbamates (subject to hydrolysis) is 1. The molecule has 9 heteroatoms. The molecule has 0 radical (unpaired) electrons. The zero-order valence-electron chi connectivity index (χ0n) is 20.8. The Bertz CT molecular complexity index is 1280. The number of carbonyl (C=O) groups is 4. The van der Waals surface area contributed by atoms with E-state index in [0.29, 0.717) is 0 Å². The Hall–Kier alpha value is -4.66. The van der Waals surface area contributed by atoms with Gasteiger partial charge in [-0.15, -0.1) is 0 Å². The van der Waals surface area contributed by atoms with Gasteiger partial charge in [0.05, 0.1) is 0 Å². The quantitative estimate of drug-likeness (QED) is 0.328. The van der Waals surface area contributed by atoms with E-state index >= 15 is 0 Å². The number of hydrogen-bond acceptors (Lipinski definition) is 5. The van der Waals surface area contributed by atoms with Crippen molar-refractivity contribution in [1.29, 1.82) is 0 Å². The van der Waals surface area contributed by atoms with Crippen molar-refractivity contribution in [2.45, 2.75) is 31.3 Å². The fourth-order valence-electron chi connectivity index (χ4n) is 4.52. The molecule has 38 heavy (non-hydrogen) atoms. The van der Waals surface area contributed by atoms with Gasteiger partial charge in [0.25, 0.3) is 0 Å². The van der Waals surface area contributed by atoms with Crippen molar-refractivity contribution in [3.8, 4) is 11.1 Å². The molecule has 196 valence electrons. The minimum Gasteiger partial charge on any atom is -0.480 e. The van der Waals surface area contributed by atoms with Gasteiger partial charge in [-0.25, -0.2) is 4.79 Å². The predicted octanol–water partition coefficient (Wildman–Crippen LogP) is 2.84. The van der Waals surface area contributed by atoms with Crippen molar-refractivity contribution in [1.82, 2.24) is 16.0 Å². The average Bonchev–Trinajstić information content (AvgIpc) is 3.24. The molecule has 3 aromatic rings. The number of nitrogens with one attached hydrogen (secondary N) is 3. The highest BCUT2D eigenvalue weighted by molar-refractivity contribution is 5.92. The van der Waals surface area contributed by atoms with Crippen LogP contribution >= 0.6 is 0 Å². The minimum atomic E-state index is -1.20. The number of hydrogen-bond donors (Lipinski definition) is 4. The van der Waals surface area contributed by atoms with E-state index in [1.165, 1.54) is 6.92 Å². The van der Waals surface area contributed by atoms with Gasteiger partial charge in [0.1, 0.15) is 25.2 Å². The summed E-state index contributed by atoms with van der Waals surface area (Å²) in [6, 6.07) is 22.9. The largest absolute Gasteiger partial charge is 0.480 e. The van der Waals surface area contributed by atoms with E-state index in [9.17, 15) is 19.2 Å². The van der Waals surface area contributed by atoms with E-state index in [4.69, 9.17) is 9.84 Å². The maximum Gasteiger partial charge on any atom is 0.407 e. The number of carboxylic acids is 1. The third-order valence-electron chi connectivity index (χ3n) is 6.40. The molecule has 0 aliphatic heterocycles. The lowest BCUT2D eigenvalue weighted by atomic mass is 9.98. The Kier molecular flexibility index (Phi) is 8.37. The molecule has 3 aromatic carbocycles. The molecule has 1 aliphatic rings. The molecule has 0 unspecified atom stereocenters. The smallest absolute Gasteiger partial charge is 0.407 e. The number of carboxylic acid groups (broad SMARTS) is 1. The lowest BCUT2D eigenvalue weighted by molar-refractivity contribution is -0.138. The summed E-state index contributed by atoms with van der Waals surface area (Å²) in [5.74, 6) is -2.57. The summed E-state index contributed by atoms with van der Waals surface area (Å²) in [7, 11) is 0. The highest BCUT2D eigenvalue weighted by Gasteiger charge is 2.30. The van der Waals surface area contributed by atoms with Crippen LogP contribution in [0.2, 0.25) is 0 Å². The summed E-state index contributed by atoms with van der Waals surface area (Å²) >= 11 is 0. The molecule has 1 aliphatic carbocycles. The summed E-state index contributed by atoms with van der Waals surface area (Å²) in [5.41, 5.74) is 5.14. The summed E-state index contributed by atoms with van der Waals surface area (Å²) in [4.78, 5) is 48.8. The van der Waals surface area contributed by atoms with Gasteiger partial charge < -0.3 is 25.8 Å². The van der Waals surface area contributed by atoms with Crippen molar-refractivity contribution in [3.05, 3.63) is 95.6 Å². The standard InChI is InChI=1S/C29H29N3O6/c1-18(27(35)32-25(28(36)30-16-26(33)34)15-19-9-3-2-4-10-19)31-29(37)38-17-24-22-13-7-5-11-20(22)21-12-6-8-14-23(21)24/h2-14,18,24-25H,15-17H2,1H3,(H,30,36)(H,31,37)(H,32,35)(H,33,34)/t18-,25-/m0/s1. The first-order valence-electron chi connectivity index (χ1n) is 12.3. The number of fused-ring (bicyclic) bond motifs is 3. The Balaban J connectivity index is 1.35. The zero-order valence-corrected chi connectivity index (χ0v) is 20.8. The Labute approximate surface area is 220 Å². The maximum atomic E-state index is 12.8. The van der Waals surface area contributed by atoms with Gasteiger partial charge in [-0.2, -0.15) is 0 Å². The van der Waals surface area contributed by atoms with Gasteiger partial charge in [0.15, 0.2) is 0 Å². The highest BCUT2D eigenvalue weighted by atomic mass is 16.5. The average molecular weight is 516 g/mol. The molecule has 3 amide bonds. The van der Waals surface area contributed by atoms with E-state index in [0.717, 1.165) is 27.8 Å². The van der Waals surface area contributed by atoms with Crippen LogP contribution in [0.4, 0.5) is 4.79 Å². The van der Waals surface area contributed by atoms with Crippen LogP contribution in [0, 0.1) is 0 Å². The third kappa shape index (κ3) is 6.36. The number of benzene rings is 3. The first kappa shape index (κ1) is 26.4. The van der Waals surface area contributed by atoms with Crippen LogP contribution in [0.1, 0.15) is 29.5 Å². The summed E-state index contributed by atoms with van der Waals surface area (Å²) < 4.78 is 5.50. The monoisotopic (exact) mass is 515 g/mol. The van der Waals surface area contributed by atoms with Crippen molar-refractivity contribution in [2.75, 3.05) is 13.2 Å². The lowest BCUT2D eigenvalue weighted by Crippen LogP contribution is -2.54. The van der Waals surface area contributed by atoms with Gasteiger partial charge >= 0.3 is 12.1 Å². The molecule has 0 spiro atoms. The predicted molar refractivity (Wildman–Crippen MR) is 140 cm³/mol. The Morgan fingerprint density at radius 2 is 1.39 bits per heavy atom. The van der Waals surface area contributed by atoms with Crippen LogP contribution in [0.15, 0.2) is 78.9 Å². The van der Waals surface area contributed by atoms with Crippen LogP contribution < -0.4 is 16.0 Å². The molecule has 0 fully saturated rings. The van der Waals surface area contributed by atoms with Gasteiger partial charge in [-0.1, -0.05) is 78.9 Å². The van der Waals surface area contributed by atoms with Crippen molar-refractivity contribution in [2.24, 2.45) is 0 Å². The number of ether oxygens (including phenoxy) is 1. The van der Waals surface area contributed by atoms with E-state index < -0.39 is 42.5 Å². The molecule has 2 atom stereocenters. The molecular formula is C29H29N3O6. The number of aliphatic carboxylic acids is 1. The van der Waals surface area contributed by atoms with Gasteiger partial charge in [0, 0.05) is 12.3 Å². The first-order chi connectivity index (χ1) is 18.3. The van der Waals surface area contributed by atoms with Gasteiger partial charge in [0.2, 0.25) is 11.8 Å². The SMILES string of the molecule is C[C@H](NC(=O)OCC1c2ccccc2-c2ccccc21)C(=O)N[C@@H](Cc1ccccc1)C(=O)NCC(=O)O. The van der Waals surface area contributed by atoms with Gasteiger partial charge in [-0.3, -0.25) is 14.4 Å². The normalized spacial score (nSPS) is 13.4. The van der Waals surface area contributed by atoms with Crippen molar-refractivity contribution in [3.63, 3.8) is 0 Å². The highest BCUT2D eigenvalue weighted by Crippen LogP contribution is 2.44. The second-order valence-corrected chi connectivity index (χ2v) is 9.05. The van der Waals surface area contributed by atoms with Crippen LogP contribution in [0.3, 0.4) is 0 Å². The molecule has 0 bridgehead atoms.